The Hall–Kier alpha value is -2.73. The summed E-state index contributed by atoms with van der Waals surface area (Å²) in [4.78, 5) is 26.9. The smallest absolute Gasteiger partial charge is 0.316 e. The van der Waals surface area contributed by atoms with E-state index in [2.05, 4.69) is 0 Å². The predicted octanol–water partition coefficient (Wildman–Crippen LogP) is 3.53. The van der Waals surface area contributed by atoms with Crippen molar-refractivity contribution in [1.29, 1.82) is 0 Å². The Kier molecular flexibility index (Phi) is 4.90. The van der Waals surface area contributed by atoms with Crippen molar-refractivity contribution in [2.45, 2.75) is 12.8 Å². The molecule has 140 valence electrons. The number of carbonyl (C=O) groups excluding carboxylic acids is 2. The number of likely N-dealkylation sites (tertiary alicyclic amines) is 1. The summed E-state index contributed by atoms with van der Waals surface area (Å²) in [7, 11) is 0. The van der Waals surface area contributed by atoms with Crippen LogP contribution in [-0.2, 0) is 4.79 Å². The second kappa shape index (κ2) is 7.48. The van der Waals surface area contributed by atoms with Crippen molar-refractivity contribution >= 4 is 23.5 Å². The second-order valence-electron chi connectivity index (χ2n) is 6.53. The maximum Gasteiger partial charge on any atom is 0.316 e. The minimum atomic E-state index is -0.361. The largest absolute Gasteiger partial charge is 0.454 e. The Bertz CT molecular complexity index is 867. The summed E-state index contributed by atoms with van der Waals surface area (Å²) in [6.07, 6.45) is 1.44. The molecule has 2 aromatic rings. The van der Waals surface area contributed by atoms with Gasteiger partial charge in [-0.1, -0.05) is 11.6 Å². The third-order valence-corrected chi connectivity index (χ3v) is 4.95. The number of hydrogen-bond acceptors (Lipinski definition) is 5. The lowest BCUT2D eigenvalue weighted by Gasteiger charge is -2.31. The van der Waals surface area contributed by atoms with Gasteiger partial charge in [0.2, 0.25) is 6.79 Å². The first-order valence-electron chi connectivity index (χ1n) is 8.76. The van der Waals surface area contributed by atoms with Crippen molar-refractivity contribution in [1.82, 2.24) is 4.90 Å². The van der Waals surface area contributed by atoms with Crippen LogP contribution >= 0.6 is 11.6 Å². The highest BCUT2D eigenvalue weighted by molar-refractivity contribution is 6.30. The molecule has 7 heteroatoms. The Morgan fingerprint density at radius 3 is 2.67 bits per heavy atom. The highest BCUT2D eigenvalue weighted by Gasteiger charge is 2.30. The molecule has 1 amide bonds. The first-order valence-corrected chi connectivity index (χ1v) is 9.14. The molecule has 0 aliphatic carbocycles. The summed E-state index contributed by atoms with van der Waals surface area (Å²) >= 11 is 5.88. The van der Waals surface area contributed by atoms with Crippen molar-refractivity contribution in [2.24, 2.45) is 5.92 Å². The fraction of sp³-hybridized carbons (Fsp3) is 0.300. The monoisotopic (exact) mass is 387 g/mol. The van der Waals surface area contributed by atoms with Crippen LogP contribution in [0.3, 0.4) is 0 Å². The van der Waals surface area contributed by atoms with E-state index in [0.717, 1.165) is 6.42 Å². The molecule has 2 aliphatic rings. The maximum atomic E-state index is 12.7. The van der Waals surface area contributed by atoms with Crippen molar-refractivity contribution in [3.8, 4) is 17.2 Å². The van der Waals surface area contributed by atoms with E-state index < -0.39 is 0 Å². The lowest BCUT2D eigenvalue weighted by Crippen LogP contribution is -2.43. The van der Waals surface area contributed by atoms with Gasteiger partial charge in [-0.3, -0.25) is 9.59 Å². The van der Waals surface area contributed by atoms with Crippen LogP contribution in [0.4, 0.5) is 0 Å². The van der Waals surface area contributed by atoms with Crippen LogP contribution in [0.1, 0.15) is 23.2 Å². The molecule has 0 unspecified atom stereocenters. The van der Waals surface area contributed by atoms with E-state index in [1.807, 2.05) is 0 Å². The van der Waals surface area contributed by atoms with E-state index >= 15 is 0 Å². The van der Waals surface area contributed by atoms with Crippen LogP contribution in [0.15, 0.2) is 42.5 Å². The van der Waals surface area contributed by atoms with Crippen LogP contribution in [0.5, 0.6) is 17.2 Å². The third-order valence-electron chi connectivity index (χ3n) is 4.70. The van der Waals surface area contributed by atoms with Gasteiger partial charge in [0.25, 0.3) is 5.91 Å². The van der Waals surface area contributed by atoms with Crippen LogP contribution in [-0.4, -0.2) is 36.7 Å². The third kappa shape index (κ3) is 3.85. The number of fused-ring (bicyclic) bond motifs is 1. The van der Waals surface area contributed by atoms with E-state index in [1.165, 1.54) is 0 Å². The number of amides is 1. The molecule has 2 aliphatic heterocycles. The van der Waals surface area contributed by atoms with Gasteiger partial charge in [0, 0.05) is 29.7 Å². The van der Waals surface area contributed by atoms with E-state index in [9.17, 15) is 9.59 Å². The topological polar surface area (TPSA) is 65.1 Å². The van der Waals surface area contributed by atoms with Crippen molar-refractivity contribution in [3.05, 3.63) is 53.1 Å². The molecule has 27 heavy (non-hydrogen) atoms. The van der Waals surface area contributed by atoms with E-state index in [0.29, 0.717) is 47.3 Å². The molecule has 0 saturated carbocycles. The zero-order valence-corrected chi connectivity index (χ0v) is 15.3. The number of nitrogens with zero attached hydrogens (tertiary/aromatic N) is 1. The number of esters is 1. The van der Waals surface area contributed by atoms with Crippen LogP contribution < -0.4 is 14.2 Å². The van der Waals surface area contributed by atoms with Crippen molar-refractivity contribution in [3.63, 3.8) is 0 Å². The molecule has 0 spiro atoms. The molecule has 2 heterocycles. The lowest BCUT2D eigenvalue weighted by atomic mass is 9.97. The number of carbonyl (C=O) groups is 2. The average molecular weight is 388 g/mol. The second-order valence-corrected chi connectivity index (χ2v) is 6.97. The van der Waals surface area contributed by atoms with Crippen LogP contribution in [0.25, 0.3) is 0 Å². The molecule has 1 fully saturated rings. The van der Waals surface area contributed by atoms with Crippen LogP contribution in [0.2, 0.25) is 5.02 Å². The van der Waals surface area contributed by atoms with Crippen molar-refractivity contribution < 1.29 is 23.8 Å². The summed E-state index contributed by atoms with van der Waals surface area (Å²) in [5.74, 6) is 0.788. The summed E-state index contributed by atoms with van der Waals surface area (Å²) < 4.78 is 16.0. The summed E-state index contributed by atoms with van der Waals surface area (Å²) in [5.41, 5.74) is 0.559. The minimum Gasteiger partial charge on any atom is -0.454 e. The molecule has 6 nitrogen and oxygen atoms in total. The summed E-state index contributed by atoms with van der Waals surface area (Å²) in [6.45, 7) is 1.12. The first kappa shape index (κ1) is 17.7. The van der Waals surface area contributed by atoms with E-state index in [4.69, 9.17) is 25.8 Å². The molecule has 0 aromatic heterocycles. The molecule has 0 bridgehead atoms. The standard InChI is InChI=1S/C20H18ClNO5/c21-15-5-3-13(4-6-15)19(23)22-9-1-2-14(11-22)20(24)27-16-7-8-17-18(10-16)26-12-25-17/h3-8,10,14H,1-2,9,11-12H2/t14-/m1/s1. The number of piperidine rings is 1. The van der Waals surface area contributed by atoms with Gasteiger partial charge >= 0.3 is 5.97 Å². The zero-order valence-electron chi connectivity index (χ0n) is 14.5. The molecule has 1 saturated heterocycles. The number of hydrogen-bond donors (Lipinski definition) is 0. The molecule has 2 aromatic carbocycles. The van der Waals surface area contributed by atoms with Crippen molar-refractivity contribution in [2.75, 3.05) is 19.9 Å². The van der Waals surface area contributed by atoms with Gasteiger partial charge in [0.1, 0.15) is 5.75 Å². The zero-order chi connectivity index (χ0) is 18.8. The Balaban J connectivity index is 1.40. The van der Waals surface area contributed by atoms with Gasteiger partial charge in [0.15, 0.2) is 11.5 Å². The van der Waals surface area contributed by atoms with E-state index in [-0.39, 0.29) is 24.6 Å². The number of ether oxygens (including phenoxy) is 3. The fourth-order valence-corrected chi connectivity index (χ4v) is 3.39. The van der Waals surface area contributed by atoms with Gasteiger partial charge in [-0.25, -0.2) is 0 Å². The Labute approximate surface area is 161 Å². The fourth-order valence-electron chi connectivity index (χ4n) is 3.27. The quantitative estimate of drug-likeness (QED) is 0.595. The van der Waals surface area contributed by atoms with E-state index in [1.54, 1.807) is 47.4 Å². The van der Waals surface area contributed by atoms with Gasteiger partial charge < -0.3 is 19.1 Å². The number of benzene rings is 2. The molecule has 0 N–H and O–H groups in total. The van der Waals surface area contributed by atoms with Crippen LogP contribution in [0, 0.1) is 5.92 Å². The highest BCUT2D eigenvalue weighted by Crippen LogP contribution is 2.35. The normalized spacial score (nSPS) is 18.3. The Morgan fingerprint density at radius 1 is 1.07 bits per heavy atom. The summed E-state index contributed by atoms with van der Waals surface area (Å²) in [5, 5.41) is 0.579. The number of rotatable bonds is 3. The average Bonchev–Trinajstić information content (AvgIpc) is 3.16. The van der Waals surface area contributed by atoms with Gasteiger partial charge in [-0.15, -0.1) is 0 Å². The SMILES string of the molecule is O=C(Oc1ccc2c(c1)OCO2)[C@@H]1CCCN(C(=O)c2ccc(Cl)cc2)C1. The lowest BCUT2D eigenvalue weighted by molar-refractivity contribution is -0.140. The van der Waals surface area contributed by atoms with Gasteiger partial charge in [-0.2, -0.15) is 0 Å². The Morgan fingerprint density at radius 2 is 1.85 bits per heavy atom. The van der Waals surface area contributed by atoms with Gasteiger partial charge in [-0.05, 0) is 49.2 Å². The summed E-state index contributed by atoms with van der Waals surface area (Å²) in [6, 6.07) is 11.8. The minimum absolute atomic E-state index is 0.104. The van der Waals surface area contributed by atoms with Gasteiger partial charge in [0.05, 0.1) is 5.92 Å². The predicted molar refractivity (Wildman–Crippen MR) is 98.3 cm³/mol. The highest BCUT2D eigenvalue weighted by atomic mass is 35.5. The molecular formula is C20H18ClNO5. The molecule has 4 rings (SSSR count). The first-order chi connectivity index (χ1) is 13.1. The maximum absolute atomic E-state index is 12.7. The number of halogens is 1. The molecular weight excluding hydrogens is 370 g/mol. The molecule has 1 atom stereocenters. The molecule has 0 radical (unpaired) electrons.